The lowest BCUT2D eigenvalue weighted by molar-refractivity contribution is -0.134. The van der Waals surface area contributed by atoms with Crippen molar-refractivity contribution in [2.45, 2.75) is 64.7 Å². The predicted molar refractivity (Wildman–Crippen MR) is 130 cm³/mol. The number of ether oxygens (including phenoxy) is 1. The van der Waals surface area contributed by atoms with Crippen LogP contribution in [0.15, 0.2) is 47.1 Å². The van der Waals surface area contributed by atoms with E-state index in [1.54, 1.807) is 24.3 Å². The lowest BCUT2D eigenvalue weighted by atomic mass is 9.77. The Morgan fingerprint density at radius 3 is 2.82 bits per heavy atom. The third-order valence-electron chi connectivity index (χ3n) is 8.08. The number of hydrogen-bond donors (Lipinski definition) is 1. The highest BCUT2D eigenvalue weighted by molar-refractivity contribution is 6.03. The monoisotopic (exact) mass is 463 g/mol. The molecule has 180 valence electrons. The van der Waals surface area contributed by atoms with Crippen LogP contribution in [0.3, 0.4) is 0 Å². The van der Waals surface area contributed by atoms with Gasteiger partial charge in [-0.25, -0.2) is 0 Å². The van der Waals surface area contributed by atoms with Gasteiger partial charge >= 0.3 is 0 Å². The van der Waals surface area contributed by atoms with Gasteiger partial charge in [0.05, 0.1) is 32.0 Å². The van der Waals surface area contributed by atoms with Crippen molar-refractivity contribution in [3.05, 3.63) is 53.9 Å². The quantitative estimate of drug-likeness (QED) is 0.600. The molecule has 0 unspecified atom stereocenters. The van der Waals surface area contributed by atoms with E-state index in [2.05, 4.69) is 19.2 Å². The van der Waals surface area contributed by atoms with Crippen LogP contribution in [0.1, 0.15) is 56.1 Å². The number of carbonyl (C=O) groups is 2. The van der Waals surface area contributed by atoms with E-state index in [9.17, 15) is 9.59 Å². The molecule has 3 heterocycles. The first-order valence-corrected chi connectivity index (χ1v) is 12.1. The average Bonchev–Trinajstić information content (AvgIpc) is 3.42. The Morgan fingerprint density at radius 1 is 1.24 bits per heavy atom. The van der Waals surface area contributed by atoms with Gasteiger partial charge in [-0.2, -0.15) is 0 Å². The normalized spacial score (nSPS) is 27.0. The third kappa shape index (κ3) is 3.58. The van der Waals surface area contributed by atoms with E-state index >= 15 is 0 Å². The van der Waals surface area contributed by atoms with Crippen molar-refractivity contribution in [1.29, 1.82) is 0 Å². The largest absolute Gasteiger partial charge is 0.496 e. The van der Waals surface area contributed by atoms with Gasteiger partial charge in [0.2, 0.25) is 5.91 Å². The molecule has 1 N–H and O–H groups in total. The molecule has 7 nitrogen and oxygen atoms in total. The van der Waals surface area contributed by atoms with E-state index in [1.807, 2.05) is 41.8 Å². The number of benzene rings is 1. The minimum absolute atomic E-state index is 0.108. The Hall–Kier alpha value is -3.22. The van der Waals surface area contributed by atoms with Gasteiger partial charge in [0.1, 0.15) is 17.0 Å². The second-order valence-electron chi connectivity index (χ2n) is 10.1. The predicted octanol–water partition coefficient (Wildman–Crippen LogP) is 4.60. The molecular weight excluding hydrogens is 430 g/mol. The second kappa shape index (κ2) is 8.53. The van der Waals surface area contributed by atoms with E-state index in [-0.39, 0.29) is 24.4 Å². The molecule has 2 amide bonds. The van der Waals surface area contributed by atoms with Crippen LogP contribution in [0, 0.1) is 11.8 Å². The van der Waals surface area contributed by atoms with Crippen molar-refractivity contribution in [2.75, 3.05) is 7.11 Å². The van der Waals surface area contributed by atoms with Crippen molar-refractivity contribution < 1.29 is 18.7 Å². The Bertz CT molecular complexity index is 1230. The summed E-state index contributed by atoms with van der Waals surface area (Å²) in [7, 11) is 1.62. The zero-order valence-electron chi connectivity index (χ0n) is 20.3. The number of rotatable bonds is 5. The van der Waals surface area contributed by atoms with Crippen molar-refractivity contribution in [1.82, 2.24) is 14.8 Å². The van der Waals surface area contributed by atoms with Crippen LogP contribution in [0.25, 0.3) is 11.1 Å². The fourth-order valence-electron chi connectivity index (χ4n) is 5.63. The number of amides is 2. The summed E-state index contributed by atoms with van der Waals surface area (Å²) in [6, 6.07) is 11.4. The molecule has 1 aromatic carbocycles. The molecule has 0 radical (unpaired) electrons. The van der Waals surface area contributed by atoms with Crippen molar-refractivity contribution in [2.24, 2.45) is 11.8 Å². The van der Waals surface area contributed by atoms with Gasteiger partial charge in [-0.1, -0.05) is 44.9 Å². The maximum Gasteiger partial charge on any atom is 0.271 e. The van der Waals surface area contributed by atoms with Crippen molar-refractivity contribution in [3.8, 4) is 5.75 Å². The Kier molecular flexibility index (Phi) is 5.66. The van der Waals surface area contributed by atoms with E-state index in [1.165, 1.54) is 6.42 Å². The molecule has 5 rings (SSSR count). The smallest absolute Gasteiger partial charge is 0.271 e. The zero-order chi connectivity index (χ0) is 24.0. The number of hydrogen-bond acceptors (Lipinski definition) is 4. The summed E-state index contributed by atoms with van der Waals surface area (Å²) < 4.78 is 13.0. The van der Waals surface area contributed by atoms with Crippen LogP contribution in [-0.4, -0.2) is 40.0 Å². The van der Waals surface area contributed by atoms with Crippen LogP contribution in [0.2, 0.25) is 0 Å². The minimum atomic E-state index is -1.07. The lowest BCUT2D eigenvalue weighted by Crippen LogP contribution is -2.65. The van der Waals surface area contributed by atoms with Crippen LogP contribution in [0.4, 0.5) is 0 Å². The number of aromatic nitrogens is 1. The topological polar surface area (TPSA) is 76.7 Å². The first-order chi connectivity index (χ1) is 16.3. The van der Waals surface area contributed by atoms with Crippen LogP contribution < -0.4 is 10.1 Å². The Labute approximate surface area is 200 Å². The molecule has 7 heteroatoms. The first-order valence-electron chi connectivity index (χ1n) is 12.1. The molecular formula is C27H33N3O4. The number of nitrogens with zero attached hydrogens (tertiary/aromatic N) is 2. The van der Waals surface area contributed by atoms with E-state index < -0.39 is 5.54 Å². The summed E-state index contributed by atoms with van der Waals surface area (Å²) in [6.07, 6.45) is 4.88. The van der Waals surface area contributed by atoms with Gasteiger partial charge < -0.3 is 23.9 Å². The first kappa shape index (κ1) is 22.6. The maximum atomic E-state index is 14.0. The number of methoxy groups -OCH3 is 1. The van der Waals surface area contributed by atoms with E-state index in [0.29, 0.717) is 35.4 Å². The molecule has 2 aliphatic rings. The highest BCUT2D eigenvalue weighted by Crippen LogP contribution is 2.36. The van der Waals surface area contributed by atoms with Gasteiger partial charge in [0, 0.05) is 23.7 Å². The molecule has 4 atom stereocenters. The Morgan fingerprint density at radius 2 is 2.03 bits per heavy atom. The molecule has 3 aromatic rings. The Balaban J connectivity index is 1.54. The van der Waals surface area contributed by atoms with Gasteiger partial charge in [-0.05, 0) is 31.2 Å². The fourth-order valence-corrected chi connectivity index (χ4v) is 5.63. The van der Waals surface area contributed by atoms with E-state index in [4.69, 9.17) is 9.15 Å². The number of para-hydroxylation sites is 1. The summed E-state index contributed by atoms with van der Waals surface area (Å²) in [5.74, 6) is 1.35. The SMILES string of the molecule is COc1ccccc1CN1C(=O)c2cc3occc3n2C[C@]1(C)C(=O)N[C@@H]1CCC[C@H](C)[C@@H]1C. The number of furan rings is 1. The van der Waals surface area contributed by atoms with Crippen LogP contribution in [-0.2, 0) is 17.9 Å². The van der Waals surface area contributed by atoms with Crippen LogP contribution in [0.5, 0.6) is 5.75 Å². The highest BCUT2D eigenvalue weighted by Gasteiger charge is 2.49. The summed E-state index contributed by atoms with van der Waals surface area (Å²) >= 11 is 0. The summed E-state index contributed by atoms with van der Waals surface area (Å²) in [5.41, 5.74) is 1.81. The van der Waals surface area contributed by atoms with Crippen molar-refractivity contribution >= 4 is 22.9 Å². The number of carbonyl (C=O) groups excluding carboxylic acids is 2. The summed E-state index contributed by atoms with van der Waals surface area (Å²) in [6.45, 7) is 6.98. The molecule has 0 saturated heterocycles. The molecule has 34 heavy (non-hydrogen) atoms. The summed E-state index contributed by atoms with van der Waals surface area (Å²) in [5, 5.41) is 3.34. The number of nitrogens with one attached hydrogen (secondary N) is 1. The van der Waals surface area contributed by atoms with Crippen molar-refractivity contribution in [3.63, 3.8) is 0 Å². The zero-order valence-corrected chi connectivity index (χ0v) is 20.3. The van der Waals surface area contributed by atoms with Gasteiger partial charge in [0.15, 0.2) is 5.58 Å². The standard InChI is InChI=1S/C27H33N3O4/c1-17-8-7-10-20(18(17)2)28-26(32)27(3)16-29-21-12-13-34-24(21)14-22(29)25(31)30(27)15-19-9-5-6-11-23(19)33-4/h5-6,9,11-14,17-18,20H,7-8,10,15-16H2,1-4H3,(H,28,32)/t17-,18-,20+,27+/m0/s1. The van der Waals surface area contributed by atoms with Crippen LogP contribution >= 0.6 is 0 Å². The second-order valence-corrected chi connectivity index (χ2v) is 10.1. The third-order valence-corrected chi connectivity index (χ3v) is 8.08. The molecule has 1 fully saturated rings. The maximum absolute atomic E-state index is 14.0. The molecule has 2 aromatic heterocycles. The molecule has 1 saturated carbocycles. The van der Waals surface area contributed by atoms with Gasteiger partial charge in [-0.3, -0.25) is 9.59 Å². The number of fused-ring (bicyclic) bond motifs is 3. The molecule has 0 spiro atoms. The fraction of sp³-hybridized carbons (Fsp3) is 0.481. The molecule has 1 aliphatic heterocycles. The minimum Gasteiger partial charge on any atom is -0.496 e. The van der Waals surface area contributed by atoms with E-state index in [0.717, 1.165) is 23.9 Å². The summed E-state index contributed by atoms with van der Waals surface area (Å²) in [4.78, 5) is 29.5. The highest BCUT2D eigenvalue weighted by atomic mass is 16.5. The van der Waals surface area contributed by atoms with Gasteiger partial charge in [-0.15, -0.1) is 0 Å². The molecule has 0 bridgehead atoms. The lowest BCUT2D eigenvalue weighted by Gasteiger charge is -2.45. The average molecular weight is 464 g/mol. The van der Waals surface area contributed by atoms with Gasteiger partial charge in [0.25, 0.3) is 5.91 Å². The molecule has 1 aliphatic carbocycles.